The van der Waals surface area contributed by atoms with Gasteiger partial charge in [0.2, 0.25) is 0 Å². The zero-order valence-corrected chi connectivity index (χ0v) is 12.1. The second kappa shape index (κ2) is 5.29. The monoisotopic (exact) mass is 287 g/mol. The van der Waals surface area contributed by atoms with Crippen molar-refractivity contribution < 1.29 is 4.39 Å². The minimum atomic E-state index is -0.374. The van der Waals surface area contributed by atoms with Crippen molar-refractivity contribution in [3.63, 3.8) is 0 Å². The summed E-state index contributed by atoms with van der Waals surface area (Å²) in [6, 6.07) is 4.25. The largest absolute Gasteiger partial charge is 0.326 e. The molecule has 1 unspecified atom stereocenters. The van der Waals surface area contributed by atoms with Crippen LogP contribution in [0.1, 0.15) is 30.8 Å². The van der Waals surface area contributed by atoms with Gasteiger partial charge in [0.1, 0.15) is 11.6 Å². The zero-order valence-electron chi connectivity index (χ0n) is 12.1. The number of benzene rings is 1. The molecule has 21 heavy (non-hydrogen) atoms. The quantitative estimate of drug-likeness (QED) is 0.801. The molecule has 2 N–H and O–H groups in total. The van der Waals surface area contributed by atoms with Gasteiger partial charge in [0.25, 0.3) is 0 Å². The fourth-order valence-electron chi connectivity index (χ4n) is 2.56. The smallest absolute Gasteiger partial charge is 0.131 e. The average molecular weight is 287 g/mol. The zero-order chi connectivity index (χ0) is 15.0. The Morgan fingerprint density at radius 1 is 1.38 bits per heavy atom. The Bertz CT molecular complexity index is 774. The Kier molecular flexibility index (Phi) is 3.47. The van der Waals surface area contributed by atoms with Crippen LogP contribution in [0.3, 0.4) is 0 Å². The molecule has 3 rings (SSSR count). The lowest BCUT2D eigenvalue weighted by molar-refractivity contribution is 0.616. The van der Waals surface area contributed by atoms with E-state index in [0.717, 1.165) is 35.4 Å². The molecule has 3 aromatic rings. The van der Waals surface area contributed by atoms with Crippen molar-refractivity contribution >= 4 is 11.0 Å². The Morgan fingerprint density at radius 2 is 2.19 bits per heavy atom. The van der Waals surface area contributed by atoms with Crippen molar-refractivity contribution in [3.05, 3.63) is 47.8 Å². The number of rotatable bonds is 4. The van der Waals surface area contributed by atoms with Gasteiger partial charge in [0.05, 0.1) is 23.3 Å². The third-order valence-corrected chi connectivity index (χ3v) is 3.55. The number of nitrogens with two attached hydrogens (primary N) is 1. The van der Waals surface area contributed by atoms with Gasteiger partial charge < -0.3 is 10.3 Å². The van der Waals surface area contributed by atoms with Crippen molar-refractivity contribution in [3.8, 4) is 0 Å². The molecule has 0 spiro atoms. The molecule has 0 aliphatic carbocycles. The highest BCUT2D eigenvalue weighted by atomic mass is 19.1. The fraction of sp³-hybridized carbons (Fsp3) is 0.333. The predicted octanol–water partition coefficient (Wildman–Crippen LogP) is 2.37. The number of hydrogen-bond acceptors (Lipinski definition) is 3. The lowest BCUT2D eigenvalue weighted by atomic mass is 10.1. The first-order chi connectivity index (χ1) is 10.1. The average Bonchev–Trinajstić information content (AvgIpc) is 3.03. The summed E-state index contributed by atoms with van der Waals surface area (Å²) in [6.45, 7) is 2.83. The molecule has 1 atom stereocenters. The summed E-state index contributed by atoms with van der Waals surface area (Å²) >= 11 is 0. The molecule has 0 amide bonds. The van der Waals surface area contributed by atoms with Crippen LogP contribution >= 0.6 is 0 Å². The summed E-state index contributed by atoms with van der Waals surface area (Å²) in [5.74, 6) is 0.478. The van der Waals surface area contributed by atoms with E-state index in [-0.39, 0.29) is 11.9 Å². The van der Waals surface area contributed by atoms with Crippen LogP contribution in [0.2, 0.25) is 0 Å². The Hall–Kier alpha value is -2.21. The Balaban J connectivity index is 2.14. The van der Waals surface area contributed by atoms with Gasteiger partial charge in [0, 0.05) is 25.4 Å². The van der Waals surface area contributed by atoms with Crippen LogP contribution in [0.25, 0.3) is 11.0 Å². The second-order valence-corrected chi connectivity index (χ2v) is 5.18. The van der Waals surface area contributed by atoms with E-state index in [1.807, 2.05) is 17.8 Å². The Morgan fingerprint density at radius 3 is 2.86 bits per heavy atom. The van der Waals surface area contributed by atoms with Gasteiger partial charge in [-0.3, -0.25) is 4.68 Å². The SMILES string of the molecule is CCCn1c(C(N)c2cnn(C)c2)nc2ccc(F)cc21. The molecule has 0 bridgehead atoms. The summed E-state index contributed by atoms with van der Waals surface area (Å²) in [7, 11) is 1.85. The molecule has 0 saturated carbocycles. The number of nitrogens with zero attached hydrogens (tertiary/aromatic N) is 4. The summed E-state index contributed by atoms with van der Waals surface area (Å²) in [6.07, 6.45) is 4.54. The maximum absolute atomic E-state index is 13.5. The fourth-order valence-corrected chi connectivity index (χ4v) is 2.56. The number of aryl methyl sites for hydroxylation is 2. The lowest BCUT2D eigenvalue weighted by Gasteiger charge is -2.12. The highest BCUT2D eigenvalue weighted by Crippen LogP contribution is 2.24. The highest BCUT2D eigenvalue weighted by Gasteiger charge is 2.19. The van der Waals surface area contributed by atoms with E-state index in [0.29, 0.717) is 0 Å². The van der Waals surface area contributed by atoms with E-state index in [1.165, 1.54) is 12.1 Å². The standard InChI is InChI=1S/C15H18FN5/c1-3-6-21-13-7-11(16)4-5-12(13)19-15(21)14(17)10-8-18-20(2)9-10/h4-5,7-9,14H,3,6,17H2,1-2H3. The molecular weight excluding hydrogens is 269 g/mol. The van der Waals surface area contributed by atoms with Gasteiger partial charge >= 0.3 is 0 Å². The minimum Gasteiger partial charge on any atom is -0.326 e. The summed E-state index contributed by atoms with van der Waals surface area (Å²) in [4.78, 5) is 4.59. The predicted molar refractivity (Wildman–Crippen MR) is 79.2 cm³/mol. The normalized spacial score (nSPS) is 13.0. The molecule has 0 fully saturated rings. The van der Waals surface area contributed by atoms with Crippen molar-refractivity contribution in [1.82, 2.24) is 19.3 Å². The number of imidazole rings is 1. The first-order valence-corrected chi connectivity index (χ1v) is 7.00. The van der Waals surface area contributed by atoms with Crippen molar-refractivity contribution in [2.75, 3.05) is 0 Å². The molecule has 1 aromatic carbocycles. The molecule has 2 aromatic heterocycles. The Labute approximate surface area is 122 Å². The first-order valence-electron chi connectivity index (χ1n) is 7.00. The van der Waals surface area contributed by atoms with E-state index in [9.17, 15) is 4.39 Å². The van der Waals surface area contributed by atoms with Crippen LogP contribution in [0, 0.1) is 5.82 Å². The molecular formula is C15H18FN5. The van der Waals surface area contributed by atoms with Gasteiger partial charge in [-0.15, -0.1) is 0 Å². The van der Waals surface area contributed by atoms with E-state index >= 15 is 0 Å². The van der Waals surface area contributed by atoms with Gasteiger partial charge in [-0.2, -0.15) is 5.10 Å². The number of hydrogen-bond donors (Lipinski definition) is 1. The highest BCUT2D eigenvalue weighted by molar-refractivity contribution is 5.76. The van der Waals surface area contributed by atoms with E-state index in [2.05, 4.69) is 17.0 Å². The molecule has 0 aliphatic heterocycles. The summed E-state index contributed by atoms with van der Waals surface area (Å²) in [5, 5.41) is 4.15. The van der Waals surface area contributed by atoms with Crippen LogP contribution in [-0.2, 0) is 13.6 Å². The molecule has 2 heterocycles. The van der Waals surface area contributed by atoms with Gasteiger partial charge in [-0.25, -0.2) is 9.37 Å². The summed E-state index contributed by atoms with van der Waals surface area (Å²) < 4.78 is 17.2. The summed E-state index contributed by atoms with van der Waals surface area (Å²) in [5.41, 5.74) is 8.77. The maximum Gasteiger partial charge on any atom is 0.131 e. The lowest BCUT2D eigenvalue weighted by Crippen LogP contribution is -2.17. The third kappa shape index (κ3) is 2.42. The van der Waals surface area contributed by atoms with E-state index in [1.54, 1.807) is 16.9 Å². The molecule has 0 aliphatic rings. The molecule has 5 nitrogen and oxygen atoms in total. The molecule has 110 valence electrons. The number of halogens is 1. The van der Waals surface area contributed by atoms with Crippen molar-refractivity contribution in [2.45, 2.75) is 25.9 Å². The van der Waals surface area contributed by atoms with E-state index < -0.39 is 0 Å². The van der Waals surface area contributed by atoms with E-state index in [4.69, 9.17) is 5.73 Å². The molecule has 6 heteroatoms. The first kappa shape index (κ1) is 13.8. The van der Waals surface area contributed by atoms with Crippen LogP contribution < -0.4 is 5.73 Å². The van der Waals surface area contributed by atoms with Crippen LogP contribution in [0.15, 0.2) is 30.6 Å². The maximum atomic E-state index is 13.5. The second-order valence-electron chi connectivity index (χ2n) is 5.18. The van der Waals surface area contributed by atoms with Gasteiger partial charge in [0.15, 0.2) is 0 Å². The van der Waals surface area contributed by atoms with Gasteiger partial charge in [-0.05, 0) is 24.6 Å². The van der Waals surface area contributed by atoms with Gasteiger partial charge in [-0.1, -0.05) is 6.92 Å². The van der Waals surface area contributed by atoms with Crippen LogP contribution in [0.4, 0.5) is 4.39 Å². The molecule has 0 radical (unpaired) electrons. The topological polar surface area (TPSA) is 61.7 Å². The third-order valence-electron chi connectivity index (χ3n) is 3.55. The van der Waals surface area contributed by atoms with Crippen LogP contribution in [-0.4, -0.2) is 19.3 Å². The number of fused-ring (bicyclic) bond motifs is 1. The molecule has 0 saturated heterocycles. The number of aromatic nitrogens is 4. The van der Waals surface area contributed by atoms with Crippen molar-refractivity contribution in [1.29, 1.82) is 0 Å². The minimum absolute atomic E-state index is 0.263. The van der Waals surface area contributed by atoms with Crippen LogP contribution in [0.5, 0.6) is 0 Å². The van der Waals surface area contributed by atoms with Crippen molar-refractivity contribution in [2.24, 2.45) is 12.8 Å².